The van der Waals surface area contributed by atoms with Crippen LogP contribution >= 0.6 is 11.6 Å². The lowest BCUT2D eigenvalue weighted by molar-refractivity contribution is 0.0936. The number of carbonyl (C=O) groups excluding carboxylic acids is 1. The van der Waals surface area contributed by atoms with Crippen LogP contribution in [0.2, 0.25) is 5.02 Å². The van der Waals surface area contributed by atoms with E-state index in [9.17, 15) is 4.79 Å². The van der Waals surface area contributed by atoms with Gasteiger partial charge in [-0.05, 0) is 36.1 Å². The first kappa shape index (κ1) is 14.1. The number of pyridine rings is 1. The van der Waals surface area contributed by atoms with Crippen molar-refractivity contribution in [2.24, 2.45) is 7.05 Å². The van der Waals surface area contributed by atoms with Crippen LogP contribution in [-0.2, 0) is 13.5 Å². The third-order valence-electron chi connectivity index (χ3n) is 4.22. The van der Waals surface area contributed by atoms with Crippen LogP contribution in [0.25, 0.3) is 11.2 Å². The Labute approximate surface area is 137 Å². The number of nitrogens with zero attached hydrogens (tertiary/aromatic N) is 4. The van der Waals surface area contributed by atoms with Crippen LogP contribution in [0.1, 0.15) is 33.9 Å². The third-order valence-corrected chi connectivity index (χ3v) is 4.58. The highest BCUT2D eigenvalue weighted by Crippen LogP contribution is 2.35. The van der Waals surface area contributed by atoms with Gasteiger partial charge in [0.2, 0.25) is 0 Å². The van der Waals surface area contributed by atoms with E-state index >= 15 is 0 Å². The predicted molar refractivity (Wildman–Crippen MR) is 86.3 cm³/mol. The Morgan fingerprint density at radius 2 is 2.30 bits per heavy atom. The normalized spacial score (nSPS) is 16.5. The summed E-state index contributed by atoms with van der Waals surface area (Å²) in [7, 11) is 1.77. The zero-order chi connectivity index (χ0) is 16.0. The lowest BCUT2D eigenvalue weighted by Crippen LogP contribution is -2.27. The first-order valence-corrected chi connectivity index (χ1v) is 7.75. The molecule has 1 N–H and O–H groups in total. The second-order valence-electron chi connectivity index (χ2n) is 5.65. The van der Waals surface area contributed by atoms with Crippen molar-refractivity contribution in [2.45, 2.75) is 18.9 Å². The fourth-order valence-electron chi connectivity index (χ4n) is 3.05. The molecule has 0 unspecified atom stereocenters. The van der Waals surface area contributed by atoms with Crippen molar-refractivity contribution in [3.63, 3.8) is 0 Å². The highest BCUT2D eigenvalue weighted by molar-refractivity contribution is 6.31. The minimum absolute atomic E-state index is 0.0197. The molecule has 0 bridgehead atoms. The maximum Gasteiger partial charge on any atom is 0.253 e. The Balaban J connectivity index is 1.60. The average Bonchev–Trinajstić information content (AvgIpc) is 3.13. The van der Waals surface area contributed by atoms with Gasteiger partial charge in [0.1, 0.15) is 5.52 Å². The third kappa shape index (κ3) is 2.35. The van der Waals surface area contributed by atoms with E-state index in [1.807, 2.05) is 18.2 Å². The van der Waals surface area contributed by atoms with Crippen molar-refractivity contribution in [1.29, 1.82) is 0 Å². The molecule has 7 heteroatoms. The van der Waals surface area contributed by atoms with Crippen molar-refractivity contribution in [2.75, 3.05) is 0 Å². The van der Waals surface area contributed by atoms with Crippen LogP contribution in [0.5, 0.6) is 0 Å². The average molecular weight is 328 g/mol. The monoisotopic (exact) mass is 327 g/mol. The highest BCUT2D eigenvalue weighted by Gasteiger charge is 2.26. The van der Waals surface area contributed by atoms with Crippen molar-refractivity contribution >= 4 is 28.7 Å². The van der Waals surface area contributed by atoms with E-state index < -0.39 is 0 Å². The van der Waals surface area contributed by atoms with Crippen molar-refractivity contribution in [3.8, 4) is 0 Å². The molecule has 0 saturated carbocycles. The van der Waals surface area contributed by atoms with Gasteiger partial charge in [-0.25, -0.2) is 9.67 Å². The van der Waals surface area contributed by atoms with E-state index in [1.54, 1.807) is 24.0 Å². The van der Waals surface area contributed by atoms with Gasteiger partial charge in [-0.3, -0.25) is 4.79 Å². The summed E-state index contributed by atoms with van der Waals surface area (Å²) in [6.07, 6.45) is 3.28. The van der Waals surface area contributed by atoms with Crippen molar-refractivity contribution in [1.82, 2.24) is 25.3 Å². The molecule has 2 heterocycles. The summed E-state index contributed by atoms with van der Waals surface area (Å²) in [5.74, 6) is -0.164. The van der Waals surface area contributed by atoms with Crippen LogP contribution in [0.3, 0.4) is 0 Å². The molecule has 0 radical (unpaired) electrons. The van der Waals surface area contributed by atoms with Crippen LogP contribution in [-0.4, -0.2) is 25.9 Å². The molecule has 1 amide bonds. The molecule has 0 fully saturated rings. The SMILES string of the molecule is Cn1nnc2cc(C(=O)N[C@H]3CCc4c(Cl)cccc43)cnc21. The van der Waals surface area contributed by atoms with E-state index in [1.165, 1.54) is 0 Å². The molecule has 1 aliphatic rings. The van der Waals surface area contributed by atoms with Gasteiger partial charge < -0.3 is 5.32 Å². The van der Waals surface area contributed by atoms with Gasteiger partial charge in [-0.15, -0.1) is 5.10 Å². The summed E-state index contributed by atoms with van der Waals surface area (Å²) in [5, 5.41) is 11.7. The topological polar surface area (TPSA) is 72.7 Å². The smallest absolute Gasteiger partial charge is 0.253 e. The fourth-order valence-corrected chi connectivity index (χ4v) is 3.33. The van der Waals surface area contributed by atoms with E-state index in [0.717, 1.165) is 29.0 Å². The maximum atomic E-state index is 12.5. The first-order valence-electron chi connectivity index (χ1n) is 7.37. The summed E-state index contributed by atoms with van der Waals surface area (Å²) in [4.78, 5) is 16.8. The molecule has 2 aromatic heterocycles. The molecule has 6 nitrogen and oxygen atoms in total. The fraction of sp³-hybridized carbons (Fsp3) is 0.250. The quantitative estimate of drug-likeness (QED) is 0.784. The minimum Gasteiger partial charge on any atom is -0.345 e. The molecule has 116 valence electrons. The number of carbonyl (C=O) groups is 1. The number of aryl methyl sites for hydroxylation is 1. The number of fused-ring (bicyclic) bond motifs is 2. The van der Waals surface area contributed by atoms with Crippen LogP contribution in [0.4, 0.5) is 0 Å². The van der Waals surface area contributed by atoms with Crippen LogP contribution in [0, 0.1) is 0 Å². The van der Waals surface area contributed by atoms with E-state index in [-0.39, 0.29) is 11.9 Å². The van der Waals surface area contributed by atoms with Gasteiger partial charge >= 0.3 is 0 Å². The van der Waals surface area contributed by atoms with Crippen molar-refractivity contribution in [3.05, 3.63) is 52.2 Å². The number of aromatic nitrogens is 4. The van der Waals surface area contributed by atoms with Crippen LogP contribution in [0.15, 0.2) is 30.5 Å². The molecular formula is C16H14ClN5O. The first-order chi connectivity index (χ1) is 11.1. The summed E-state index contributed by atoms with van der Waals surface area (Å²) in [6, 6.07) is 7.51. The molecule has 3 aromatic rings. The molecule has 4 rings (SSSR count). The summed E-state index contributed by atoms with van der Waals surface area (Å²) >= 11 is 6.22. The van der Waals surface area contributed by atoms with E-state index in [2.05, 4.69) is 20.6 Å². The van der Waals surface area contributed by atoms with E-state index in [4.69, 9.17) is 11.6 Å². The Hall–Kier alpha value is -2.47. The number of nitrogens with one attached hydrogen (secondary N) is 1. The molecular weight excluding hydrogens is 314 g/mol. The number of hydrogen-bond donors (Lipinski definition) is 1. The van der Waals surface area contributed by atoms with Crippen LogP contribution < -0.4 is 5.32 Å². The number of hydrogen-bond acceptors (Lipinski definition) is 4. The Morgan fingerprint density at radius 1 is 1.43 bits per heavy atom. The second-order valence-corrected chi connectivity index (χ2v) is 6.06. The number of amides is 1. The molecule has 0 spiro atoms. The van der Waals surface area contributed by atoms with Crippen molar-refractivity contribution < 1.29 is 4.79 Å². The molecule has 1 aliphatic carbocycles. The summed E-state index contributed by atoms with van der Waals surface area (Å²) in [6.45, 7) is 0. The lowest BCUT2D eigenvalue weighted by atomic mass is 10.1. The number of benzene rings is 1. The zero-order valence-electron chi connectivity index (χ0n) is 12.5. The zero-order valence-corrected chi connectivity index (χ0v) is 13.2. The molecule has 23 heavy (non-hydrogen) atoms. The molecule has 1 aromatic carbocycles. The van der Waals surface area contributed by atoms with Gasteiger partial charge in [-0.1, -0.05) is 28.9 Å². The van der Waals surface area contributed by atoms with Gasteiger partial charge in [0.25, 0.3) is 5.91 Å². The lowest BCUT2D eigenvalue weighted by Gasteiger charge is -2.14. The Bertz CT molecular complexity index is 920. The molecule has 1 atom stereocenters. The molecule has 0 saturated heterocycles. The summed E-state index contributed by atoms with van der Waals surface area (Å²) < 4.78 is 1.58. The summed E-state index contributed by atoms with van der Waals surface area (Å²) in [5.41, 5.74) is 3.96. The minimum atomic E-state index is -0.164. The van der Waals surface area contributed by atoms with Gasteiger partial charge in [0, 0.05) is 18.3 Å². The maximum absolute atomic E-state index is 12.5. The largest absolute Gasteiger partial charge is 0.345 e. The standard InChI is InChI=1S/C16H14ClN5O/c1-22-15-14(20-21-22)7-9(8-18-15)16(23)19-13-6-5-10-11(13)3-2-4-12(10)17/h2-4,7-8,13H,5-6H2,1H3,(H,19,23)/t13-/m0/s1. The number of rotatable bonds is 2. The number of halogens is 1. The van der Waals surface area contributed by atoms with Gasteiger partial charge in [-0.2, -0.15) is 0 Å². The predicted octanol–water partition coefficient (Wildman–Crippen LogP) is 2.43. The Morgan fingerprint density at radius 3 is 3.17 bits per heavy atom. The van der Waals surface area contributed by atoms with E-state index in [0.29, 0.717) is 16.7 Å². The van der Waals surface area contributed by atoms with Gasteiger partial charge in [0.15, 0.2) is 5.65 Å². The molecule has 0 aliphatic heterocycles. The highest BCUT2D eigenvalue weighted by atomic mass is 35.5. The van der Waals surface area contributed by atoms with Gasteiger partial charge in [0.05, 0.1) is 11.6 Å². The second kappa shape index (κ2) is 5.31. The Kier molecular flexibility index (Phi) is 3.27.